The molecule has 5 heteroatoms. The minimum atomic E-state index is -0.0406. The second kappa shape index (κ2) is 6.81. The Morgan fingerprint density at radius 2 is 2.05 bits per heavy atom. The van der Waals surface area contributed by atoms with Crippen LogP contribution >= 0.6 is 15.9 Å². The summed E-state index contributed by atoms with van der Waals surface area (Å²) < 4.78 is 6.42. The molecular formula is C15H18BrN3O. The Morgan fingerprint density at radius 1 is 1.30 bits per heavy atom. The highest BCUT2D eigenvalue weighted by Gasteiger charge is 2.21. The van der Waals surface area contributed by atoms with Crippen molar-refractivity contribution < 1.29 is 4.74 Å². The molecule has 1 heterocycles. The number of benzene rings is 1. The van der Waals surface area contributed by atoms with Crippen molar-refractivity contribution in [1.82, 2.24) is 15.3 Å². The van der Waals surface area contributed by atoms with E-state index in [1.807, 2.05) is 12.1 Å². The van der Waals surface area contributed by atoms with Gasteiger partial charge in [-0.1, -0.05) is 35.0 Å². The second-order valence-corrected chi connectivity index (χ2v) is 5.25. The number of hydrogen-bond acceptors (Lipinski definition) is 4. The molecule has 0 fully saturated rings. The van der Waals surface area contributed by atoms with Gasteiger partial charge in [-0.25, -0.2) is 4.98 Å². The molecule has 2 aromatic rings. The van der Waals surface area contributed by atoms with Gasteiger partial charge in [0.05, 0.1) is 13.2 Å². The highest BCUT2D eigenvalue weighted by Crippen LogP contribution is 2.31. The van der Waals surface area contributed by atoms with E-state index in [0.29, 0.717) is 5.88 Å². The summed E-state index contributed by atoms with van der Waals surface area (Å²) in [6.45, 7) is 4.99. The number of methoxy groups -OCH3 is 1. The van der Waals surface area contributed by atoms with Gasteiger partial charge in [0.1, 0.15) is 5.69 Å². The molecule has 0 aliphatic carbocycles. The predicted molar refractivity (Wildman–Crippen MR) is 83.0 cm³/mol. The van der Waals surface area contributed by atoms with Crippen molar-refractivity contribution in [3.05, 3.63) is 51.9 Å². The predicted octanol–water partition coefficient (Wildman–Crippen LogP) is 3.26. The topological polar surface area (TPSA) is 47.0 Å². The van der Waals surface area contributed by atoms with Gasteiger partial charge in [-0.05, 0) is 30.7 Å². The zero-order valence-electron chi connectivity index (χ0n) is 11.9. The van der Waals surface area contributed by atoms with Gasteiger partial charge in [-0.15, -0.1) is 0 Å². The SMILES string of the molecule is CCNC(c1cccc(Br)c1C)c1nccnc1OC. The van der Waals surface area contributed by atoms with Crippen LogP contribution in [0.4, 0.5) is 0 Å². The van der Waals surface area contributed by atoms with Crippen molar-refractivity contribution in [2.75, 3.05) is 13.7 Å². The summed E-state index contributed by atoms with van der Waals surface area (Å²) in [5, 5.41) is 3.45. The minimum absolute atomic E-state index is 0.0406. The average molecular weight is 336 g/mol. The van der Waals surface area contributed by atoms with Gasteiger partial charge in [-0.3, -0.25) is 4.98 Å². The van der Waals surface area contributed by atoms with E-state index in [2.05, 4.69) is 51.1 Å². The molecule has 4 nitrogen and oxygen atoms in total. The first-order valence-corrected chi connectivity index (χ1v) is 7.31. The first-order valence-electron chi connectivity index (χ1n) is 6.52. The zero-order chi connectivity index (χ0) is 14.5. The van der Waals surface area contributed by atoms with Gasteiger partial charge >= 0.3 is 0 Å². The fourth-order valence-corrected chi connectivity index (χ4v) is 2.57. The van der Waals surface area contributed by atoms with Crippen LogP contribution in [0.2, 0.25) is 0 Å². The Hall–Kier alpha value is -1.46. The molecule has 0 bridgehead atoms. The Labute approximate surface area is 127 Å². The maximum absolute atomic E-state index is 5.34. The van der Waals surface area contributed by atoms with Crippen LogP contribution in [0.5, 0.6) is 5.88 Å². The third-order valence-corrected chi connectivity index (χ3v) is 4.05. The number of ether oxygens (including phenoxy) is 1. The maximum atomic E-state index is 5.34. The van der Waals surface area contributed by atoms with Crippen LogP contribution in [-0.2, 0) is 0 Å². The van der Waals surface area contributed by atoms with E-state index in [4.69, 9.17) is 4.74 Å². The van der Waals surface area contributed by atoms with Gasteiger partial charge in [0.25, 0.3) is 0 Å². The van der Waals surface area contributed by atoms with Crippen molar-refractivity contribution in [3.8, 4) is 5.88 Å². The highest BCUT2D eigenvalue weighted by molar-refractivity contribution is 9.10. The molecule has 0 saturated carbocycles. The summed E-state index contributed by atoms with van der Waals surface area (Å²) in [6, 6.07) is 6.12. The Bertz CT molecular complexity index is 589. The normalized spacial score (nSPS) is 12.2. The van der Waals surface area contributed by atoms with Gasteiger partial charge in [0, 0.05) is 16.9 Å². The van der Waals surface area contributed by atoms with Crippen LogP contribution in [-0.4, -0.2) is 23.6 Å². The quantitative estimate of drug-likeness (QED) is 0.910. The average Bonchev–Trinajstić information content (AvgIpc) is 2.48. The fraction of sp³-hybridized carbons (Fsp3) is 0.333. The van der Waals surface area contributed by atoms with Crippen molar-refractivity contribution in [3.63, 3.8) is 0 Å². The molecule has 1 aromatic heterocycles. The third kappa shape index (κ3) is 2.99. The maximum Gasteiger partial charge on any atom is 0.237 e. The minimum Gasteiger partial charge on any atom is -0.480 e. The molecule has 20 heavy (non-hydrogen) atoms. The summed E-state index contributed by atoms with van der Waals surface area (Å²) in [6.07, 6.45) is 3.33. The first-order chi connectivity index (χ1) is 9.69. The molecule has 0 aliphatic heterocycles. The molecule has 0 spiro atoms. The van der Waals surface area contributed by atoms with Crippen LogP contribution in [0.3, 0.4) is 0 Å². The molecule has 1 N–H and O–H groups in total. The number of halogens is 1. The van der Waals surface area contributed by atoms with E-state index < -0.39 is 0 Å². The van der Waals surface area contributed by atoms with E-state index in [9.17, 15) is 0 Å². The van der Waals surface area contributed by atoms with Gasteiger partial charge < -0.3 is 10.1 Å². The summed E-state index contributed by atoms with van der Waals surface area (Å²) >= 11 is 3.58. The molecule has 0 amide bonds. The van der Waals surface area contributed by atoms with Gasteiger partial charge in [0.15, 0.2) is 0 Å². The van der Waals surface area contributed by atoms with E-state index >= 15 is 0 Å². The highest BCUT2D eigenvalue weighted by atomic mass is 79.9. The molecule has 0 aliphatic rings. The zero-order valence-corrected chi connectivity index (χ0v) is 13.4. The molecule has 106 valence electrons. The van der Waals surface area contributed by atoms with Crippen LogP contribution < -0.4 is 10.1 Å². The lowest BCUT2D eigenvalue weighted by Gasteiger charge is -2.21. The van der Waals surface area contributed by atoms with E-state index in [1.54, 1.807) is 19.5 Å². The second-order valence-electron chi connectivity index (χ2n) is 4.40. The van der Waals surface area contributed by atoms with Crippen molar-refractivity contribution in [2.45, 2.75) is 19.9 Å². The lowest BCUT2D eigenvalue weighted by atomic mass is 9.98. The number of aromatic nitrogens is 2. The van der Waals surface area contributed by atoms with E-state index in [1.165, 1.54) is 11.1 Å². The van der Waals surface area contributed by atoms with E-state index in [-0.39, 0.29) is 6.04 Å². The molecule has 1 atom stereocenters. The Balaban J connectivity index is 2.53. The van der Waals surface area contributed by atoms with Gasteiger partial charge in [-0.2, -0.15) is 0 Å². The van der Waals surface area contributed by atoms with Crippen LogP contribution in [0.25, 0.3) is 0 Å². The third-order valence-electron chi connectivity index (χ3n) is 3.19. The lowest BCUT2D eigenvalue weighted by molar-refractivity contribution is 0.383. The van der Waals surface area contributed by atoms with Crippen molar-refractivity contribution in [1.29, 1.82) is 0 Å². The summed E-state index contributed by atoms with van der Waals surface area (Å²) in [4.78, 5) is 8.69. The number of nitrogens with zero attached hydrogens (tertiary/aromatic N) is 2. The monoisotopic (exact) mass is 335 g/mol. The molecule has 2 rings (SSSR count). The van der Waals surface area contributed by atoms with E-state index in [0.717, 1.165) is 16.7 Å². The number of hydrogen-bond donors (Lipinski definition) is 1. The Morgan fingerprint density at radius 3 is 2.75 bits per heavy atom. The van der Waals surface area contributed by atoms with Crippen molar-refractivity contribution >= 4 is 15.9 Å². The molecular weight excluding hydrogens is 318 g/mol. The molecule has 1 aromatic carbocycles. The summed E-state index contributed by atoms with van der Waals surface area (Å²) in [5.74, 6) is 0.554. The van der Waals surface area contributed by atoms with Crippen molar-refractivity contribution in [2.24, 2.45) is 0 Å². The smallest absolute Gasteiger partial charge is 0.237 e. The first kappa shape index (κ1) is 14.9. The molecule has 0 saturated heterocycles. The van der Waals surface area contributed by atoms with Crippen LogP contribution in [0, 0.1) is 6.92 Å². The van der Waals surface area contributed by atoms with Crippen LogP contribution in [0.1, 0.15) is 29.8 Å². The number of rotatable bonds is 5. The molecule has 1 unspecified atom stereocenters. The lowest BCUT2D eigenvalue weighted by Crippen LogP contribution is -2.24. The fourth-order valence-electron chi connectivity index (χ4n) is 2.19. The summed E-state index contributed by atoms with van der Waals surface area (Å²) in [5.41, 5.74) is 3.16. The largest absolute Gasteiger partial charge is 0.480 e. The van der Waals surface area contributed by atoms with Gasteiger partial charge in [0.2, 0.25) is 5.88 Å². The Kier molecular flexibility index (Phi) is 5.09. The molecule has 0 radical (unpaired) electrons. The van der Waals surface area contributed by atoms with Crippen LogP contribution in [0.15, 0.2) is 35.1 Å². The summed E-state index contributed by atoms with van der Waals surface area (Å²) in [7, 11) is 1.62. The number of nitrogens with one attached hydrogen (secondary N) is 1. The standard InChI is InChI=1S/C15H18BrN3O/c1-4-17-13(11-6-5-7-12(16)10(11)2)14-15(20-3)19-9-8-18-14/h5-9,13,17H,4H2,1-3H3.